The lowest BCUT2D eigenvalue weighted by Crippen LogP contribution is -2.47. The SMILES string of the molecule is CC(C)(C)OC(=O)N[C@H]1C[C@H](F)CC[C@@H]1CO. The van der Waals surface area contributed by atoms with Crippen LogP contribution >= 0.6 is 0 Å². The predicted molar refractivity (Wildman–Crippen MR) is 62.5 cm³/mol. The van der Waals surface area contributed by atoms with Crippen molar-refractivity contribution < 1.29 is 19.0 Å². The van der Waals surface area contributed by atoms with Gasteiger partial charge in [0.2, 0.25) is 0 Å². The van der Waals surface area contributed by atoms with Gasteiger partial charge in [-0.05, 0) is 40.0 Å². The number of hydrogen-bond donors (Lipinski definition) is 2. The van der Waals surface area contributed by atoms with Gasteiger partial charge in [0.25, 0.3) is 0 Å². The minimum absolute atomic E-state index is 0.0345. The van der Waals surface area contributed by atoms with Gasteiger partial charge in [-0.3, -0.25) is 0 Å². The molecule has 0 saturated heterocycles. The van der Waals surface area contributed by atoms with Gasteiger partial charge in [-0.1, -0.05) is 0 Å². The fourth-order valence-electron chi connectivity index (χ4n) is 2.04. The first-order chi connectivity index (χ1) is 7.81. The first-order valence-corrected chi connectivity index (χ1v) is 6.06. The molecular formula is C12H22FNO3. The number of alkyl halides is 1. The number of aliphatic hydroxyl groups excluding tert-OH is 1. The van der Waals surface area contributed by atoms with E-state index in [4.69, 9.17) is 4.74 Å². The smallest absolute Gasteiger partial charge is 0.407 e. The first-order valence-electron chi connectivity index (χ1n) is 6.06. The zero-order valence-electron chi connectivity index (χ0n) is 10.7. The average molecular weight is 247 g/mol. The maximum absolute atomic E-state index is 13.3. The van der Waals surface area contributed by atoms with Crippen molar-refractivity contribution in [2.75, 3.05) is 6.61 Å². The van der Waals surface area contributed by atoms with Gasteiger partial charge < -0.3 is 15.2 Å². The highest BCUT2D eigenvalue weighted by Crippen LogP contribution is 2.26. The molecule has 0 unspecified atom stereocenters. The van der Waals surface area contributed by atoms with E-state index in [2.05, 4.69) is 5.32 Å². The zero-order chi connectivity index (χ0) is 13.1. The van der Waals surface area contributed by atoms with Crippen molar-refractivity contribution in [3.63, 3.8) is 0 Å². The van der Waals surface area contributed by atoms with E-state index in [0.717, 1.165) is 0 Å². The number of alkyl carbamates (subject to hydrolysis) is 1. The molecule has 0 aliphatic heterocycles. The summed E-state index contributed by atoms with van der Waals surface area (Å²) in [6, 6.07) is -0.335. The largest absolute Gasteiger partial charge is 0.444 e. The topological polar surface area (TPSA) is 58.6 Å². The molecule has 1 amide bonds. The zero-order valence-corrected chi connectivity index (χ0v) is 10.7. The maximum Gasteiger partial charge on any atom is 0.407 e. The monoisotopic (exact) mass is 247 g/mol. The summed E-state index contributed by atoms with van der Waals surface area (Å²) in [4.78, 5) is 11.6. The molecule has 0 spiro atoms. The second kappa shape index (κ2) is 5.67. The van der Waals surface area contributed by atoms with Crippen LogP contribution in [0.1, 0.15) is 40.0 Å². The molecule has 3 atom stereocenters. The molecule has 0 radical (unpaired) electrons. The number of ether oxygens (including phenoxy) is 1. The molecule has 0 heterocycles. The summed E-state index contributed by atoms with van der Waals surface area (Å²) in [5.74, 6) is -0.0745. The number of aliphatic hydroxyl groups is 1. The molecular weight excluding hydrogens is 225 g/mol. The van der Waals surface area contributed by atoms with Crippen LogP contribution in [-0.2, 0) is 4.74 Å². The third kappa shape index (κ3) is 4.89. The molecule has 2 N–H and O–H groups in total. The Morgan fingerprint density at radius 3 is 2.65 bits per heavy atom. The molecule has 17 heavy (non-hydrogen) atoms. The van der Waals surface area contributed by atoms with Gasteiger partial charge >= 0.3 is 6.09 Å². The Balaban J connectivity index is 2.49. The Bertz CT molecular complexity index is 265. The number of rotatable bonds is 2. The molecule has 100 valence electrons. The van der Waals surface area contributed by atoms with Crippen LogP contribution < -0.4 is 5.32 Å². The van der Waals surface area contributed by atoms with Crippen LogP contribution in [0.5, 0.6) is 0 Å². The summed E-state index contributed by atoms with van der Waals surface area (Å²) < 4.78 is 18.4. The van der Waals surface area contributed by atoms with Crippen molar-refractivity contribution in [2.45, 2.75) is 57.8 Å². The van der Waals surface area contributed by atoms with Gasteiger partial charge in [-0.25, -0.2) is 9.18 Å². The van der Waals surface area contributed by atoms with Crippen LogP contribution in [0.2, 0.25) is 0 Å². The Kier molecular flexibility index (Phi) is 4.74. The second-order valence-corrected chi connectivity index (χ2v) is 5.61. The molecule has 4 nitrogen and oxygen atoms in total. The van der Waals surface area contributed by atoms with Gasteiger partial charge in [-0.15, -0.1) is 0 Å². The van der Waals surface area contributed by atoms with Crippen molar-refractivity contribution in [1.29, 1.82) is 0 Å². The van der Waals surface area contributed by atoms with E-state index < -0.39 is 17.9 Å². The number of nitrogens with one attached hydrogen (secondary N) is 1. The van der Waals surface area contributed by atoms with Gasteiger partial charge in [0.1, 0.15) is 11.8 Å². The summed E-state index contributed by atoms with van der Waals surface area (Å²) in [6.07, 6.45) is -0.145. The summed E-state index contributed by atoms with van der Waals surface area (Å²) in [7, 11) is 0. The highest BCUT2D eigenvalue weighted by Gasteiger charge is 2.32. The van der Waals surface area contributed by atoms with Gasteiger partial charge in [-0.2, -0.15) is 0 Å². The van der Waals surface area contributed by atoms with Crippen LogP contribution in [0.25, 0.3) is 0 Å². The van der Waals surface area contributed by atoms with Crippen LogP contribution in [-0.4, -0.2) is 35.6 Å². The fourth-order valence-corrected chi connectivity index (χ4v) is 2.04. The Morgan fingerprint density at radius 2 is 2.12 bits per heavy atom. The summed E-state index contributed by atoms with van der Waals surface area (Å²) >= 11 is 0. The Morgan fingerprint density at radius 1 is 1.47 bits per heavy atom. The van der Waals surface area contributed by atoms with Crippen molar-refractivity contribution in [3.05, 3.63) is 0 Å². The Labute approximate surface area is 102 Å². The summed E-state index contributed by atoms with van der Waals surface area (Å²) in [5.41, 5.74) is -0.567. The molecule has 1 aliphatic rings. The van der Waals surface area contributed by atoms with Crippen molar-refractivity contribution >= 4 is 6.09 Å². The van der Waals surface area contributed by atoms with E-state index in [1.54, 1.807) is 20.8 Å². The molecule has 1 rings (SSSR count). The predicted octanol–water partition coefficient (Wildman–Crippen LogP) is 2.01. The third-order valence-electron chi connectivity index (χ3n) is 2.87. The quantitative estimate of drug-likeness (QED) is 0.784. The number of amides is 1. The molecule has 0 aromatic heterocycles. The van der Waals surface area contributed by atoms with Crippen LogP contribution in [0, 0.1) is 5.92 Å². The minimum Gasteiger partial charge on any atom is -0.444 e. The first kappa shape index (κ1) is 14.2. The third-order valence-corrected chi connectivity index (χ3v) is 2.87. The van der Waals surface area contributed by atoms with E-state index in [1.165, 1.54) is 0 Å². The molecule has 1 fully saturated rings. The average Bonchev–Trinajstić information content (AvgIpc) is 2.14. The van der Waals surface area contributed by atoms with E-state index in [1.807, 2.05) is 0 Å². The molecule has 1 saturated carbocycles. The van der Waals surface area contributed by atoms with Gasteiger partial charge in [0, 0.05) is 18.6 Å². The highest BCUT2D eigenvalue weighted by molar-refractivity contribution is 5.68. The standard InChI is InChI=1S/C12H22FNO3/c1-12(2,3)17-11(16)14-10-6-9(13)5-4-8(10)7-15/h8-10,15H,4-7H2,1-3H3,(H,14,16)/t8-,9-,10+/m1/s1. The van der Waals surface area contributed by atoms with Crippen molar-refractivity contribution in [1.82, 2.24) is 5.32 Å². The lowest BCUT2D eigenvalue weighted by atomic mass is 9.84. The van der Waals surface area contributed by atoms with Gasteiger partial charge in [0.05, 0.1) is 0 Å². The van der Waals surface area contributed by atoms with Crippen LogP contribution in [0.15, 0.2) is 0 Å². The summed E-state index contributed by atoms with van der Waals surface area (Å²) in [6.45, 7) is 5.28. The molecule has 0 bridgehead atoms. The number of carbonyl (C=O) groups excluding carboxylic acids is 1. The molecule has 0 aromatic rings. The lowest BCUT2D eigenvalue weighted by Gasteiger charge is -2.33. The van der Waals surface area contributed by atoms with E-state index in [0.29, 0.717) is 12.8 Å². The Hall–Kier alpha value is -0.840. The van der Waals surface area contributed by atoms with E-state index in [9.17, 15) is 14.3 Å². The lowest BCUT2D eigenvalue weighted by molar-refractivity contribution is 0.0406. The fraction of sp³-hybridized carbons (Fsp3) is 0.917. The number of halogens is 1. The second-order valence-electron chi connectivity index (χ2n) is 5.61. The van der Waals surface area contributed by atoms with E-state index in [-0.39, 0.29) is 25.0 Å². The molecule has 1 aliphatic carbocycles. The highest BCUT2D eigenvalue weighted by atomic mass is 19.1. The maximum atomic E-state index is 13.3. The van der Waals surface area contributed by atoms with E-state index >= 15 is 0 Å². The van der Waals surface area contributed by atoms with Gasteiger partial charge in [0.15, 0.2) is 0 Å². The normalized spacial score (nSPS) is 29.8. The minimum atomic E-state index is -0.905. The molecule has 5 heteroatoms. The number of hydrogen-bond acceptors (Lipinski definition) is 3. The number of carbonyl (C=O) groups is 1. The molecule has 0 aromatic carbocycles. The van der Waals surface area contributed by atoms with Crippen LogP contribution in [0.4, 0.5) is 9.18 Å². The van der Waals surface area contributed by atoms with Crippen LogP contribution in [0.3, 0.4) is 0 Å². The summed E-state index contributed by atoms with van der Waals surface area (Å²) in [5, 5.41) is 11.8. The van der Waals surface area contributed by atoms with Crippen molar-refractivity contribution in [2.24, 2.45) is 5.92 Å². The van der Waals surface area contributed by atoms with Crippen molar-refractivity contribution in [3.8, 4) is 0 Å².